The Labute approximate surface area is 145 Å². The van der Waals surface area contributed by atoms with E-state index in [0.29, 0.717) is 23.1 Å². The van der Waals surface area contributed by atoms with Gasteiger partial charge in [0.1, 0.15) is 11.3 Å². The normalized spacial score (nSPS) is 11.4. The summed E-state index contributed by atoms with van der Waals surface area (Å²) in [4.78, 5) is 12.5. The predicted molar refractivity (Wildman–Crippen MR) is 96.8 cm³/mol. The van der Waals surface area contributed by atoms with Crippen molar-refractivity contribution < 1.29 is 17.6 Å². The van der Waals surface area contributed by atoms with E-state index in [1.54, 1.807) is 24.3 Å². The fraction of sp³-hybridized carbons (Fsp3) is 0.167. The highest BCUT2D eigenvalue weighted by atomic mass is 32.2. The topological polar surface area (TPSA) is 85.6 Å². The molecule has 0 atom stereocenters. The molecule has 0 saturated carbocycles. The molecule has 1 N–H and O–H groups in total. The number of anilines is 1. The molecule has 0 unspecified atom stereocenters. The lowest BCUT2D eigenvalue weighted by atomic mass is 10.1. The number of aryl methyl sites for hydroxylation is 1. The maximum Gasteiger partial charge on any atom is 0.229 e. The van der Waals surface area contributed by atoms with Crippen molar-refractivity contribution in [2.75, 3.05) is 11.0 Å². The van der Waals surface area contributed by atoms with Crippen LogP contribution in [0.4, 0.5) is 5.69 Å². The van der Waals surface area contributed by atoms with Gasteiger partial charge in [0.05, 0.1) is 23.6 Å². The van der Waals surface area contributed by atoms with Crippen LogP contribution in [0, 0.1) is 0 Å². The summed E-state index contributed by atoms with van der Waals surface area (Å²) in [6.45, 7) is 1.86. The fourth-order valence-corrected chi connectivity index (χ4v) is 2.98. The first kappa shape index (κ1) is 17.0. The van der Waals surface area contributed by atoms with Gasteiger partial charge in [-0.1, -0.05) is 25.1 Å². The Hall–Kier alpha value is -2.80. The maximum atomic E-state index is 12.5. The number of rotatable bonds is 5. The smallest absolute Gasteiger partial charge is 0.229 e. The zero-order valence-electron chi connectivity index (χ0n) is 13.8. The fourth-order valence-electron chi connectivity index (χ4n) is 2.42. The van der Waals surface area contributed by atoms with Crippen LogP contribution in [0.3, 0.4) is 0 Å². The highest BCUT2D eigenvalue weighted by Crippen LogP contribution is 2.33. The van der Waals surface area contributed by atoms with Crippen molar-refractivity contribution in [1.29, 1.82) is 0 Å². The molecule has 0 bridgehead atoms. The van der Waals surface area contributed by atoms with E-state index in [1.807, 2.05) is 13.0 Å². The minimum Gasteiger partial charge on any atom is -0.464 e. The molecule has 0 aliphatic carbocycles. The van der Waals surface area contributed by atoms with Gasteiger partial charge in [0.15, 0.2) is 11.2 Å². The number of sulfonamides is 1. The Balaban J connectivity index is 2.20. The molecule has 0 aliphatic rings. The van der Waals surface area contributed by atoms with Crippen molar-refractivity contribution in [1.82, 2.24) is 0 Å². The summed E-state index contributed by atoms with van der Waals surface area (Å²) in [5.74, 6) is 0.749. The Morgan fingerprint density at radius 1 is 1.16 bits per heavy atom. The van der Waals surface area contributed by atoms with Gasteiger partial charge in [-0.15, -0.1) is 0 Å². The van der Waals surface area contributed by atoms with E-state index in [0.717, 1.165) is 6.26 Å². The SMILES string of the molecule is CCc1coc2cc(NS(C)(=O)=O)c(Oc3ccccc3)cc2c1=O. The van der Waals surface area contributed by atoms with E-state index in [1.165, 1.54) is 18.4 Å². The van der Waals surface area contributed by atoms with Gasteiger partial charge >= 0.3 is 0 Å². The van der Waals surface area contributed by atoms with Gasteiger partial charge in [0.2, 0.25) is 10.0 Å². The second-order valence-electron chi connectivity index (χ2n) is 5.58. The van der Waals surface area contributed by atoms with E-state index < -0.39 is 10.0 Å². The van der Waals surface area contributed by atoms with Crippen molar-refractivity contribution in [2.45, 2.75) is 13.3 Å². The third-order valence-corrected chi connectivity index (χ3v) is 4.18. The number of fused-ring (bicyclic) bond motifs is 1. The van der Waals surface area contributed by atoms with Crippen molar-refractivity contribution in [3.05, 3.63) is 64.5 Å². The lowest BCUT2D eigenvalue weighted by Gasteiger charge is -2.13. The third kappa shape index (κ3) is 3.83. The number of hydrogen-bond donors (Lipinski definition) is 1. The standard InChI is InChI=1S/C18H17NO5S/c1-3-12-11-23-16-10-15(19-25(2,21)22)17(9-14(16)18(12)20)24-13-7-5-4-6-8-13/h4-11,19H,3H2,1-2H3. The highest BCUT2D eigenvalue weighted by molar-refractivity contribution is 7.92. The number of hydrogen-bond acceptors (Lipinski definition) is 5. The zero-order valence-corrected chi connectivity index (χ0v) is 14.6. The van der Waals surface area contributed by atoms with Gasteiger partial charge in [-0.3, -0.25) is 9.52 Å². The molecule has 25 heavy (non-hydrogen) atoms. The quantitative estimate of drug-likeness (QED) is 0.753. The van der Waals surface area contributed by atoms with Crippen molar-refractivity contribution in [2.24, 2.45) is 0 Å². The summed E-state index contributed by atoms with van der Waals surface area (Å²) in [6.07, 6.45) is 2.98. The molecular formula is C18H17NO5S. The Morgan fingerprint density at radius 3 is 2.52 bits per heavy atom. The van der Waals surface area contributed by atoms with Gasteiger partial charge < -0.3 is 9.15 Å². The Morgan fingerprint density at radius 2 is 1.88 bits per heavy atom. The van der Waals surface area contributed by atoms with Crippen molar-refractivity contribution >= 4 is 26.7 Å². The molecule has 0 fully saturated rings. The first-order chi connectivity index (χ1) is 11.9. The lowest BCUT2D eigenvalue weighted by molar-refractivity contribution is 0.485. The maximum absolute atomic E-state index is 12.5. The number of ether oxygens (including phenoxy) is 1. The summed E-state index contributed by atoms with van der Waals surface area (Å²) in [6, 6.07) is 11.9. The lowest BCUT2D eigenvalue weighted by Crippen LogP contribution is -2.12. The monoisotopic (exact) mass is 359 g/mol. The molecule has 2 aromatic carbocycles. The van der Waals surface area contributed by atoms with E-state index in [2.05, 4.69) is 4.72 Å². The van der Waals surface area contributed by atoms with Crippen LogP contribution in [0.1, 0.15) is 12.5 Å². The molecule has 1 heterocycles. The van der Waals surface area contributed by atoms with Gasteiger partial charge in [-0.05, 0) is 24.6 Å². The average molecular weight is 359 g/mol. The molecule has 0 spiro atoms. The van der Waals surface area contributed by atoms with E-state index in [9.17, 15) is 13.2 Å². The van der Waals surface area contributed by atoms with Crippen LogP contribution >= 0.6 is 0 Å². The molecule has 1 aromatic heterocycles. The number of benzene rings is 2. The van der Waals surface area contributed by atoms with Crippen molar-refractivity contribution in [3.8, 4) is 11.5 Å². The molecule has 0 aliphatic heterocycles. The molecule has 0 radical (unpaired) electrons. The molecular weight excluding hydrogens is 342 g/mol. The third-order valence-electron chi connectivity index (χ3n) is 3.59. The van der Waals surface area contributed by atoms with Gasteiger partial charge in [-0.25, -0.2) is 8.42 Å². The summed E-state index contributed by atoms with van der Waals surface area (Å²) < 4.78 is 37.0. The molecule has 3 rings (SSSR count). The van der Waals surface area contributed by atoms with Crippen molar-refractivity contribution in [3.63, 3.8) is 0 Å². The molecule has 3 aromatic rings. The number of nitrogens with one attached hydrogen (secondary N) is 1. The summed E-state index contributed by atoms with van der Waals surface area (Å²) in [7, 11) is -3.53. The largest absolute Gasteiger partial charge is 0.464 e. The molecule has 130 valence electrons. The van der Waals surface area contributed by atoms with Crippen LogP contribution in [0.25, 0.3) is 11.0 Å². The minimum atomic E-state index is -3.53. The van der Waals surface area contributed by atoms with Crippen LogP contribution in [-0.2, 0) is 16.4 Å². The van der Waals surface area contributed by atoms with Crippen LogP contribution in [0.15, 0.2) is 57.9 Å². The second kappa shape index (κ2) is 6.60. The Kier molecular flexibility index (Phi) is 4.50. The van der Waals surface area contributed by atoms with E-state index in [-0.39, 0.29) is 22.4 Å². The van der Waals surface area contributed by atoms with Crippen LogP contribution in [-0.4, -0.2) is 14.7 Å². The summed E-state index contributed by atoms with van der Waals surface area (Å²) in [5, 5.41) is 0.337. The Bertz CT molecular complexity index is 1070. The van der Waals surface area contributed by atoms with E-state index in [4.69, 9.17) is 9.15 Å². The van der Waals surface area contributed by atoms with Crippen LogP contribution < -0.4 is 14.9 Å². The first-order valence-electron chi connectivity index (χ1n) is 7.66. The van der Waals surface area contributed by atoms with Gasteiger partial charge in [0, 0.05) is 11.6 Å². The summed E-state index contributed by atoms with van der Waals surface area (Å²) >= 11 is 0. The first-order valence-corrected chi connectivity index (χ1v) is 9.55. The molecule has 0 amide bonds. The van der Waals surface area contributed by atoms with Gasteiger partial charge in [0.25, 0.3) is 0 Å². The molecule has 0 saturated heterocycles. The van der Waals surface area contributed by atoms with E-state index >= 15 is 0 Å². The molecule has 6 nitrogen and oxygen atoms in total. The number of para-hydroxylation sites is 1. The highest BCUT2D eigenvalue weighted by Gasteiger charge is 2.15. The predicted octanol–water partition coefficient (Wildman–Crippen LogP) is 3.52. The minimum absolute atomic E-state index is 0.160. The second-order valence-corrected chi connectivity index (χ2v) is 7.33. The van der Waals surface area contributed by atoms with Crippen LogP contribution in [0.5, 0.6) is 11.5 Å². The summed E-state index contributed by atoms with van der Waals surface area (Å²) in [5.41, 5.74) is 0.870. The zero-order chi connectivity index (χ0) is 18.0. The van der Waals surface area contributed by atoms with Gasteiger partial charge in [-0.2, -0.15) is 0 Å². The van der Waals surface area contributed by atoms with Crippen LogP contribution in [0.2, 0.25) is 0 Å². The molecule has 7 heteroatoms. The average Bonchev–Trinajstić information content (AvgIpc) is 2.56.